The minimum atomic E-state index is -4.56. The van der Waals surface area contributed by atoms with E-state index in [1.54, 1.807) is 0 Å². The fourth-order valence-corrected chi connectivity index (χ4v) is 8.18. The minimum Gasteiger partial charge on any atom is -0.756 e. The predicted molar refractivity (Wildman–Crippen MR) is 238 cm³/mol. The average Bonchev–Trinajstić information content (AvgIpc) is 3.15. The Hall–Kier alpha value is -0.500. The van der Waals surface area contributed by atoms with Gasteiger partial charge in [0.2, 0.25) is 5.91 Å². The number of carbonyl (C=O) groups excluding carboxylic acids is 1. The number of unbranched alkanes of at least 4 members (excludes halogenated alkanes) is 32. The fraction of sp³-hybridized carbons (Fsp3) is 0.979. The number of quaternary nitrogens is 1. The number of phosphoric acid groups is 1. The Labute approximate surface area is 349 Å². The Kier molecular flexibility index (Phi) is 39.6. The fourth-order valence-electron chi connectivity index (χ4n) is 7.45. The molecule has 0 bridgehead atoms. The summed E-state index contributed by atoms with van der Waals surface area (Å²) in [6.45, 7) is 4.74. The molecule has 0 aromatic carbocycles. The van der Waals surface area contributed by atoms with Crippen LogP contribution in [-0.2, 0) is 18.4 Å². The summed E-state index contributed by atoms with van der Waals surface area (Å²) >= 11 is 0. The van der Waals surface area contributed by atoms with Gasteiger partial charge in [-0.15, -0.1) is 0 Å². The van der Waals surface area contributed by atoms with Gasteiger partial charge in [0.15, 0.2) is 0 Å². The zero-order chi connectivity index (χ0) is 41.4. The zero-order valence-corrected chi connectivity index (χ0v) is 39.0. The van der Waals surface area contributed by atoms with E-state index in [1.807, 2.05) is 21.1 Å². The molecular weight excluding hydrogens is 719 g/mol. The number of aliphatic hydroxyl groups excluding tert-OH is 1. The Bertz CT molecular complexity index is 885. The van der Waals surface area contributed by atoms with Crippen LogP contribution in [0.2, 0.25) is 0 Å². The largest absolute Gasteiger partial charge is 0.756 e. The van der Waals surface area contributed by atoms with E-state index in [2.05, 4.69) is 19.2 Å². The number of rotatable bonds is 45. The number of hydrogen-bond donors (Lipinski definition) is 2. The van der Waals surface area contributed by atoms with Gasteiger partial charge in [0.1, 0.15) is 13.2 Å². The van der Waals surface area contributed by atoms with Crippen LogP contribution in [0.15, 0.2) is 0 Å². The summed E-state index contributed by atoms with van der Waals surface area (Å²) in [5.41, 5.74) is 0. The van der Waals surface area contributed by atoms with Gasteiger partial charge in [0.25, 0.3) is 7.82 Å². The first-order valence-corrected chi connectivity index (χ1v) is 25.8. The van der Waals surface area contributed by atoms with Crippen LogP contribution in [-0.4, -0.2) is 68.5 Å². The maximum atomic E-state index is 12.9. The van der Waals surface area contributed by atoms with Crippen LogP contribution in [0.5, 0.6) is 0 Å². The monoisotopic (exact) mass is 817 g/mol. The van der Waals surface area contributed by atoms with Gasteiger partial charge in [-0.05, 0) is 12.8 Å². The van der Waals surface area contributed by atoms with Gasteiger partial charge in [-0.3, -0.25) is 9.36 Å². The molecule has 0 spiro atoms. The highest BCUT2D eigenvalue weighted by atomic mass is 31.2. The SMILES string of the molecule is CCCCCCCCCCCCCCCCCCCCCCCCCC(=O)NC(COP(=O)([O-])OCC[N+](C)(C)C)C(O)CCCCCCCCCCCCC. The summed E-state index contributed by atoms with van der Waals surface area (Å²) in [5, 5.41) is 13.9. The minimum absolute atomic E-state index is 0.0160. The second-order valence-electron chi connectivity index (χ2n) is 18.2. The maximum Gasteiger partial charge on any atom is 0.268 e. The molecule has 0 aliphatic carbocycles. The van der Waals surface area contributed by atoms with Crippen LogP contribution in [0, 0.1) is 0 Å². The maximum absolute atomic E-state index is 12.9. The zero-order valence-electron chi connectivity index (χ0n) is 38.1. The molecule has 1 amide bonds. The van der Waals surface area contributed by atoms with Crippen molar-refractivity contribution in [3.05, 3.63) is 0 Å². The lowest BCUT2D eigenvalue weighted by Crippen LogP contribution is -2.46. The van der Waals surface area contributed by atoms with Crippen LogP contribution >= 0.6 is 7.82 Å². The Morgan fingerprint density at radius 1 is 0.554 bits per heavy atom. The van der Waals surface area contributed by atoms with Gasteiger partial charge in [-0.1, -0.05) is 226 Å². The van der Waals surface area contributed by atoms with Crippen LogP contribution in [0.3, 0.4) is 0 Å². The summed E-state index contributed by atoms with van der Waals surface area (Å²) < 4.78 is 23.3. The third-order valence-electron chi connectivity index (χ3n) is 11.3. The molecule has 0 aliphatic rings. The van der Waals surface area contributed by atoms with Crippen molar-refractivity contribution in [2.24, 2.45) is 0 Å². The number of aliphatic hydroxyl groups is 1. The molecule has 0 heterocycles. The van der Waals surface area contributed by atoms with Gasteiger partial charge < -0.3 is 28.8 Å². The second kappa shape index (κ2) is 39.9. The van der Waals surface area contributed by atoms with E-state index < -0.39 is 20.0 Å². The lowest BCUT2D eigenvalue weighted by Gasteiger charge is -2.30. The Morgan fingerprint density at radius 3 is 1.21 bits per heavy atom. The van der Waals surface area contributed by atoms with Gasteiger partial charge in [0.05, 0.1) is 39.9 Å². The van der Waals surface area contributed by atoms with Gasteiger partial charge in [-0.25, -0.2) is 0 Å². The molecule has 3 unspecified atom stereocenters. The van der Waals surface area contributed by atoms with Crippen LogP contribution < -0.4 is 10.2 Å². The smallest absolute Gasteiger partial charge is 0.268 e. The van der Waals surface area contributed by atoms with Crippen LogP contribution in [0.4, 0.5) is 0 Å². The van der Waals surface area contributed by atoms with E-state index in [0.29, 0.717) is 23.9 Å². The third-order valence-corrected chi connectivity index (χ3v) is 12.3. The van der Waals surface area contributed by atoms with Crippen molar-refractivity contribution in [3.8, 4) is 0 Å². The summed E-state index contributed by atoms with van der Waals surface area (Å²) in [6, 6.07) is -0.792. The molecule has 0 fully saturated rings. The van der Waals surface area contributed by atoms with E-state index >= 15 is 0 Å². The van der Waals surface area contributed by atoms with Crippen molar-refractivity contribution >= 4 is 13.7 Å². The van der Waals surface area contributed by atoms with Crippen molar-refractivity contribution in [1.82, 2.24) is 5.32 Å². The molecule has 0 radical (unpaired) electrons. The highest BCUT2D eigenvalue weighted by Gasteiger charge is 2.24. The number of likely N-dealkylation sites (N-methyl/N-ethyl adjacent to an activating group) is 1. The lowest BCUT2D eigenvalue weighted by molar-refractivity contribution is -0.870. The van der Waals surface area contributed by atoms with Gasteiger partial charge >= 0.3 is 0 Å². The number of nitrogens with one attached hydrogen (secondary N) is 1. The molecule has 56 heavy (non-hydrogen) atoms. The van der Waals surface area contributed by atoms with Crippen LogP contribution in [0.25, 0.3) is 0 Å². The number of nitrogens with zero attached hydrogens (tertiary/aromatic N) is 1. The number of carbonyl (C=O) groups is 1. The molecule has 0 rings (SSSR count). The van der Waals surface area contributed by atoms with Crippen LogP contribution in [0.1, 0.15) is 245 Å². The number of hydrogen-bond acceptors (Lipinski definition) is 6. The standard InChI is InChI=1S/C47H97N2O6P/c1-6-8-10-12-14-16-18-19-20-21-22-23-24-25-26-27-28-29-31-33-35-37-39-41-47(51)48-45(44-55-56(52,53)54-43-42-49(3,4)5)46(50)40-38-36-34-32-30-17-15-13-11-9-7-2/h45-46,50H,6-44H2,1-5H3,(H-,48,51,52,53). The molecular formula is C47H97N2O6P. The lowest BCUT2D eigenvalue weighted by atomic mass is 10.0. The molecule has 0 saturated carbocycles. The first-order valence-electron chi connectivity index (χ1n) is 24.4. The topological polar surface area (TPSA) is 108 Å². The highest BCUT2D eigenvalue weighted by Crippen LogP contribution is 2.38. The van der Waals surface area contributed by atoms with Crippen molar-refractivity contribution in [2.45, 2.75) is 257 Å². The van der Waals surface area contributed by atoms with E-state index in [9.17, 15) is 19.4 Å². The first kappa shape index (κ1) is 55.5. The van der Waals surface area contributed by atoms with E-state index in [0.717, 1.165) is 38.5 Å². The Morgan fingerprint density at radius 2 is 0.875 bits per heavy atom. The predicted octanol–water partition coefficient (Wildman–Crippen LogP) is 13.1. The van der Waals surface area contributed by atoms with E-state index in [4.69, 9.17) is 9.05 Å². The van der Waals surface area contributed by atoms with E-state index in [-0.39, 0.29) is 19.1 Å². The molecule has 9 heteroatoms. The molecule has 3 atom stereocenters. The molecule has 8 nitrogen and oxygen atoms in total. The average molecular weight is 817 g/mol. The molecule has 2 N–H and O–H groups in total. The molecule has 0 aromatic heterocycles. The summed E-state index contributed by atoms with van der Waals surface area (Å²) in [6.07, 6.45) is 44.0. The summed E-state index contributed by atoms with van der Waals surface area (Å²) in [5.74, 6) is -0.160. The molecule has 336 valence electrons. The van der Waals surface area contributed by atoms with Crippen molar-refractivity contribution in [2.75, 3.05) is 40.9 Å². The number of phosphoric ester groups is 1. The third kappa shape index (κ3) is 41.7. The molecule has 0 aliphatic heterocycles. The second-order valence-corrected chi connectivity index (χ2v) is 19.6. The molecule has 0 aromatic rings. The van der Waals surface area contributed by atoms with E-state index in [1.165, 1.54) is 180 Å². The summed E-state index contributed by atoms with van der Waals surface area (Å²) in [4.78, 5) is 25.3. The van der Waals surface area contributed by atoms with Gasteiger partial charge in [-0.2, -0.15) is 0 Å². The van der Waals surface area contributed by atoms with Crippen molar-refractivity contribution in [1.29, 1.82) is 0 Å². The first-order chi connectivity index (χ1) is 27.0. The quantitative estimate of drug-likeness (QED) is 0.0360. The molecule has 0 saturated heterocycles. The summed E-state index contributed by atoms with van der Waals surface area (Å²) in [7, 11) is 1.32. The normalized spacial score (nSPS) is 14.2. The van der Waals surface area contributed by atoms with Gasteiger partial charge in [0, 0.05) is 6.42 Å². The Balaban J connectivity index is 4.13. The number of amides is 1. The van der Waals surface area contributed by atoms with Crippen molar-refractivity contribution < 1.29 is 32.9 Å². The highest BCUT2D eigenvalue weighted by molar-refractivity contribution is 7.45. The van der Waals surface area contributed by atoms with Crippen molar-refractivity contribution in [3.63, 3.8) is 0 Å².